The number of ether oxygens (including phenoxy) is 1. The molecule has 5 nitrogen and oxygen atoms in total. The van der Waals surface area contributed by atoms with E-state index in [4.69, 9.17) is 9.84 Å². The molecule has 0 bridgehead atoms. The molecule has 1 aromatic rings. The lowest BCUT2D eigenvalue weighted by Crippen LogP contribution is -2.37. The van der Waals surface area contributed by atoms with Gasteiger partial charge in [0.25, 0.3) is 0 Å². The summed E-state index contributed by atoms with van der Waals surface area (Å²) in [5.74, 6) is 1.15. The molecule has 5 heteroatoms. The number of hydrogen-bond donors (Lipinski definition) is 2. The molecular formula is C15H22N2O3. The maximum absolute atomic E-state index is 11.7. The lowest BCUT2D eigenvalue weighted by atomic mass is 10.1. The van der Waals surface area contributed by atoms with E-state index in [-0.39, 0.29) is 12.5 Å². The Morgan fingerprint density at radius 3 is 2.90 bits per heavy atom. The number of carbonyl (C=O) groups excluding carboxylic acids is 1. The van der Waals surface area contributed by atoms with E-state index in [0.717, 1.165) is 25.3 Å². The van der Waals surface area contributed by atoms with Gasteiger partial charge in [-0.05, 0) is 31.0 Å². The monoisotopic (exact) mass is 278 g/mol. The molecule has 20 heavy (non-hydrogen) atoms. The van der Waals surface area contributed by atoms with Gasteiger partial charge in [0.05, 0.1) is 13.1 Å². The van der Waals surface area contributed by atoms with Crippen LogP contribution in [0.5, 0.6) is 5.75 Å². The highest BCUT2D eigenvalue weighted by molar-refractivity contribution is 5.78. The number of rotatable bonds is 7. The van der Waals surface area contributed by atoms with Crippen LogP contribution in [0.2, 0.25) is 0 Å². The zero-order valence-electron chi connectivity index (χ0n) is 11.6. The lowest BCUT2D eigenvalue weighted by Gasteiger charge is -2.15. The van der Waals surface area contributed by atoms with Crippen molar-refractivity contribution in [3.8, 4) is 5.75 Å². The van der Waals surface area contributed by atoms with Crippen molar-refractivity contribution < 1.29 is 14.6 Å². The van der Waals surface area contributed by atoms with Gasteiger partial charge in [0.15, 0.2) is 0 Å². The summed E-state index contributed by atoms with van der Waals surface area (Å²) in [6.07, 6.45) is 0.973. The molecule has 1 saturated heterocycles. The normalized spacial score (nSPS) is 18.9. The molecule has 0 aliphatic carbocycles. The van der Waals surface area contributed by atoms with Gasteiger partial charge in [0.2, 0.25) is 5.91 Å². The van der Waals surface area contributed by atoms with Crippen LogP contribution in [-0.2, 0) is 4.79 Å². The Labute approximate surface area is 119 Å². The first-order valence-corrected chi connectivity index (χ1v) is 7.05. The highest BCUT2D eigenvalue weighted by Crippen LogP contribution is 2.14. The van der Waals surface area contributed by atoms with E-state index in [1.165, 1.54) is 0 Å². The third kappa shape index (κ3) is 4.83. The minimum absolute atomic E-state index is 0.0141. The molecule has 1 heterocycles. The van der Waals surface area contributed by atoms with Crippen molar-refractivity contribution in [3.63, 3.8) is 0 Å². The Bertz CT molecular complexity index is 411. The third-order valence-electron chi connectivity index (χ3n) is 3.43. The molecule has 110 valence electrons. The predicted octanol–water partition coefficient (Wildman–Crippen LogP) is 0.496. The fraction of sp³-hybridized carbons (Fsp3) is 0.533. The van der Waals surface area contributed by atoms with E-state index >= 15 is 0 Å². The van der Waals surface area contributed by atoms with Crippen LogP contribution in [0.15, 0.2) is 30.3 Å². The largest absolute Gasteiger partial charge is 0.492 e. The van der Waals surface area contributed by atoms with Gasteiger partial charge in [-0.25, -0.2) is 0 Å². The number of aliphatic hydroxyl groups is 1. The standard InChI is InChI=1S/C15H22N2O3/c18-12-13-6-8-17(10-13)11-15(19)16-7-9-20-14-4-2-1-3-5-14/h1-5,13,18H,6-12H2,(H,16,19). The summed E-state index contributed by atoms with van der Waals surface area (Å²) in [5, 5.41) is 11.9. The van der Waals surface area contributed by atoms with Crippen molar-refractivity contribution in [3.05, 3.63) is 30.3 Å². The first kappa shape index (κ1) is 14.8. The van der Waals surface area contributed by atoms with Crippen LogP contribution in [0.3, 0.4) is 0 Å². The van der Waals surface area contributed by atoms with Crippen molar-refractivity contribution in [2.45, 2.75) is 6.42 Å². The molecular weight excluding hydrogens is 256 g/mol. The number of carbonyl (C=O) groups is 1. The average molecular weight is 278 g/mol. The Morgan fingerprint density at radius 1 is 1.40 bits per heavy atom. The maximum atomic E-state index is 11.7. The summed E-state index contributed by atoms with van der Waals surface area (Å²) in [5.41, 5.74) is 0. The van der Waals surface area contributed by atoms with Crippen molar-refractivity contribution in [1.29, 1.82) is 0 Å². The van der Waals surface area contributed by atoms with E-state index in [1.54, 1.807) is 0 Å². The predicted molar refractivity (Wildman–Crippen MR) is 76.6 cm³/mol. The summed E-state index contributed by atoms with van der Waals surface area (Å²) >= 11 is 0. The Balaban J connectivity index is 1.57. The summed E-state index contributed by atoms with van der Waals surface area (Å²) < 4.78 is 5.50. The number of hydrogen-bond acceptors (Lipinski definition) is 4. The van der Waals surface area contributed by atoms with Gasteiger partial charge in [-0.3, -0.25) is 9.69 Å². The van der Waals surface area contributed by atoms with Gasteiger partial charge in [-0.15, -0.1) is 0 Å². The Hall–Kier alpha value is -1.59. The van der Waals surface area contributed by atoms with Crippen LogP contribution in [0.1, 0.15) is 6.42 Å². The number of likely N-dealkylation sites (tertiary alicyclic amines) is 1. The zero-order chi connectivity index (χ0) is 14.2. The molecule has 2 N–H and O–H groups in total. The van der Waals surface area contributed by atoms with Gasteiger partial charge in [0.1, 0.15) is 12.4 Å². The molecule has 0 spiro atoms. The van der Waals surface area contributed by atoms with E-state index < -0.39 is 0 Å². The minimum atomic E-state index is 0.0141. The molecule has 0 saturated carbocycles. The van der Waals surface area contributed by atoms with Crippen molar-refractivity contribution in [1.82, 2.24) is 10.2 Å². The topological polar surface area (TPSA) is 61.8 Å². The van der Waals surface area contributed by atoms with Crippen LogP contribution in [0, 0.1) is 5.92 Å². The first-order valence-electron chi connectivity index (χ1n) is 7.05. The van der Waals surface area contributed by atoms with Crippen molar-refractivity contribution in [2.24, 2.45) is 5.92 Å². The molecule has 2 rings (SSSR count). The molecule has 1 aliphatic rings. The lowest BCUT2D eigenvalue weighted by molar-refractivity contribution is -0.122. The van der Waals surface area contributed by atoms with Gasteiger partial charge in [-0.2, -0.15) is 0 Å². The van der Waals surface area contributed by atoms with Crippen LogP contribution in [-0.4, -0.2) is 55.3 Å². The number of aliphatic hydroxyl groups excluding tert-OH is 1. The molecule has 1 aromatic carbocycles. The summed E-state index contributed by atoms with van der Waals surface area (Å²) in [7, 11) is 0. The van der Waals surface area contributed by atoms with Gasteiger partial charge >= 0.3 is 0 Å². The molecule has 1 amide bonds. The Morgan fingerprint density at radius 2 is 2.20 bits per heavy atom. The van der Waals surface area contributed by atoms with Crippen molar-refractivity contribution in [2.75, 3.05) is 39.4 Å². The highest BCUT2D eigenvalue weighted by Gasteiger charge is 2.22. The molecule has 1 aliphatic heterocycles. The molecule has 0 aromatic heterocycles. The Kier molecular flexibility index (Phi) is 5.83. The number of nitrogens with zero attached hydrogens (tertiary/aromatic N) is 1. The van der Waals surface area contributed by atoms with Gasteiger partial charge < -0.3 is 15.2 Å². The summed E-state index contributed by atoms with van der Waals surface area (Å²) in [6, 6.07) is 9.55. The highest BCUT2D eigenvalue weighted by atomic mass is 16.5. The second-order valence-electron chi connectivity index (χ2n) is 5.08. The fourth-order valence-electron chi connectivity index (χ4n) is 2.34. The second kappa shape index (κ2) is 7.87. The minimum Gasteiger partial charge on any atom is -0.492 e. The number of para-hydroxylation sites is 1. The van der Waals surface area contributed by atoms with Gasteiger partial charge in [-0.1, -0.05) is 18.2 Å². The molecule has 1 atom stereocenters. The number of amides is 1. The van der Waals surface area contributed by atoms with E-state index in [1.807, 2.05) is 30.3 Å². The summed E-state index contributed by atoms with van der Waals surface area (Å²) in [6.45, 7) is 3.29. The third-order valence-corrected chi connectivity index (χ3v) is 3.43. The maximum Gasteiger partial charge on any atom is 0.234 e. The van der Waals surface area contributed by atoms with E-state index in [2.05, 4.69) is 10.2 Å². The quantitative estimate of drug-likeness (QED) is 0.713. The first-order chi connectivity index (χ1) is 9.78. The van der Waals surface area contributed by atoms with E-state index in [0.29, 0.717) is 25.6 Å². The second-order valence-corrected chi connectivity index (χ2v) is 5.08. The van der Waals surface area contributed by atoms with Crippen molar-refractivity contribution >= 4 is 5.91 Å². The van der Waals surface area contributed by atoms with Crippen LogP contribution >= 0.6 is 0 Å². The zero-order valence-corrected chi connectivity index (χ0v) is 11.6. The molecule has 1 fully saturated rings. The molecule has 0 radical (unpaired) electrons. The smallest absolute Gasteiger partial charge is 0.234 e. The average Bonchev–Trinajstić information content (AvgIpc) is 2.92. The molecule has 1 unspecified atom stereocenters. The summed E-state index contributed by atoms with van der Waals surface area (Å²) in [4.78, 5) is 13.8. The van der Waals surface area contributed by atoms with E-state index in [9.17, 15) is 4.79 Å². The van der Waals surface area contributed by atoms with Gasteiger partial charge in [0, 0.05) is 13.2 Å². The SMILES string of the molecule is O=C(CN1CCC(CO)C1)NCCOc1ccccc1. The number of benzene rings is 1. The van der Waals surface area contributed by atoms with Crippen LogP contribution < -0.4 is 10.1 Å². The van der Waals surface area contributed by atoms with Crippen LogP contribution in [0.25, 0.3) is 0 Å². The number of nitrogens with one attached hydrogen (secondary N) is 1. The fourth-order valence-corrected chi connectivity index (χ4v) is 2.34. The van der Waals surface area contributed by atoms with Crippen LogP contribution in [0.4, 0.5) is 0 Å².